The predicted molar refractivity (Wildman–Crippen MR) is 82.9 cm³/mol. The second kappa shape index (κ2) is 5.87. The van der Waals surface area contributed by atoms with Crippen LogP contribution in [0.2, 0.25) is 0 Å². The van der Waals surface area contributed by atoms with E-state index in [0.29, 0.717) is 12.5 Å². The minimum atomic E-state index is -0.0315. The van der Waals surface area contributed by atoms with Gasteiger partial charge in [0.2, 0.25) is 0 Å². The summed E-state index contributed by atoms with van der Waals surface area (Å²) in [6.45, 7) is 3.83. The number of hydrogen-bond acceptors (Lipinski definition) is 2. The number of fused-ring (bicyclic) bond motifs is 1. The Morgan fingerprint density at radius 3 is 2.65 bits per heavy atom. The molecule has 0 radical (unpaired) electrons. The fourth-order valence-corrected chi connectivity index (χ4v) is 3.81. The lowest BCUT2D eigenvalue weighted by Gasteiger charge is -2.41. The molecule has 0 aliphatic heterocycles. The summed E-state index contributed by atoms with van der Waals surface area (Å²) in [5.74, 6) is 1.49. The zero-order valence-electron chi connectivity index (χ0n) is 12.6. The molecule has 1 aromatic carbocycles. The van der Waals surface area contributed by atoms with Crippen molar-refractivity contribution in [2.24, 2.45) is 11.7 Å². The average molecular weight is 273 g/mol. The van der Waals surface area contributed by atoms with Crippen LogP contribution in [0.25, 0.3) is 0 Å². The summed E-state index contributed by atoms with van der Waals surface area (Å²) in [6, 6.07) is 8.74. The van der Waals surface area contributed by atoms with Gasteiger partial charge in [0, 0.05) is 12.5 Å². The van der Waals surface area contributed by atoms with E-state index in [1.165, 1.54) is 36.8 Å². The summed E-state index contributed by atoms with van der Waals surface area (Å²) in [5.41, 5.74) is 8.99. The Morgan fingerprint density at radius 2 is 2.00 bits per heavy atom. The van der Waals surface area contributed by atoms with E-state index in [-0.39, 0.29) is 5.60 Å². The molecule has 0 aromatic heterocycles. The molecule has 1 unspecified atom stereocenters. The van der Waals surface area contributed by atoms with Crippen LogP contribution >= 0.6 is 0 Å². The van der Waals surface area contributed by atoms with Gasteiger partial charge >= 0.3 is 0 Å². The molecule has 1 atom stereocenters. The quantitative estimate of drug-likeness (QED) is 0.889. The Hall–Kier alpha value is -0.860. The Morgan fingerprint density at radius 1 is 1.25 bits per heavy atom. The summed E-state index contributed by atoms with van der Waals surface area (Å²) in [5, 5.41) is 0. The van der Waals surface area contributed by atoms with Crippen molar-refractivity contribution in [1.29, 1.82) is 0 Å². The van der Waals surface area contributed by atoms with Gasteiger partial charge in [-0.15, -0.1) is 0 Å². The van der Waals surface area contributed by atoms with Crippen molar-refractivity contribution in [2.75, 3.05) is 13.2 Å². The first kappa shape index (κ1) is 14.1. The molecule has 0 heterocycles. The number of ether oxygens (including phenoxy) is 1. The Balaban J connectivity index is 1.55. The third-order valence-corrected chi connectivity index (χ3v) is 5.52. The van der Waals surface area contributed by atoms with Gasteiger partial charge in [-0.05, 0) is 49.1 Å². The van der Waals surface area contributed by atoms with E-state index in [4.69, 9.17) is 10.5 Å². The first-order valence-corrected chi connectivity index (χ1v) is 8.18. The molecule has 1 saturated carbocycles. The van der Waals surface area contributed by atoms with E-state index < -0.39 is 0 Å². The van der Waals surface area contributed by atoms with Crippen molar-refractivity contribution in [3.8, 4) is 0 Å². The van der Waals surface area contributed by atoms with Gasteiger partial charge in [-0.1, -0.05) is 37.6 Å². The summed E-state index contributed by atoms with van der Waals surface area (Å²) >= 11 is 0. The van der Waals surface area contributed by atoms with Gasteiger partial charge in [-0.2, -0.15) is 0 Å². The van der Waals surface area contributed by atoms with Gasteiger partial charge in [0.25, 0.3) is 0 Å². The van der Waals surface area contributed by atoms with E-state index in [9.17, 15) is 0 Å². The van der Waals surface area contributed by atoms with E-state index in [0.717, 1.165) is 25.4 Å². The molecule has 0 saturated heterocycles. The number of rotatable bonds is 5. The van der Waals surface area contributed by atoms with E-state index >= 15 is 0 Å². The standard InChI is InChI=1S/C18H27NO/c1-2-14-7-9-18(13-19,10-8-14)20-12-16-11-15-5-3-4-6-17(15)16/h3-6,14,16H,2,7-13,19H2,1H3. The van der Waals surface area contributed by atoms with E-state index in [1.807, 2.05) is 0 Å². The highest BCUT2D eigenvalue weighted by atomic mass is 16.5. The van der Waals surface area contributed by atoms with Crippen LogP contribution in [0.15, 0.2) is 24.3 Å². The summed E-state index contributed by atoms with van der Waals surface area (Å²) < 4.78 is 6.35. The predicted octanol–water partition coefficient (Wildman–Crippen LogP) is 3.64. The molecule has 0 bridgehead atoms. The molecule has 2 heteroatoms. The van der Waals surface area contributed by atoms with Gasteiger partial charge in [-0.3, -0.25) is 0 Å². The fourth-order valence-electron chi connectivity index (χ4n) is 3.81. The molecule has 20 heavy (non-hydrogen) atoms. The fraction of sp³-hybridized carbons (Fsp3) is 0.667. The Kier molecular flexibility index (Phi) is 4.13. The normalized spacial score (nSPS) is 32.5. The topological polar surface area (TPSA) is 35.2 Å². The highest BCUT2D eigenvalue weighted by molar-refractivity contribution is 5.39. The summed E-state index contributed by atoms with van der Waals surface area (Å²) in [6.07, 6.45) is 7.35. The Labute approximate surface area is 122 Å². The maximum Gasteiger partial charge on any atom is 0.0804 e. The average Bonchev–Trinajstić information content (AvgIpc) is 2.49. The lowest BCUT2D eigenvalue weighted by molar-refractivity contribution is -0.0783. The van der Waals surface area contributed by atoms with Crippen molar-refractivity contribution in [3.05, 3.63) is 35.4 Å². The van der Waals surface area contributed by atoms with Gasteiger partial charge in [-0.25, -0.2) is 0 Å². The molecule has 0 amide bonds. The van der Waals surface area contributed by atoms with E-state index in [1.54, 1.807) is 0 Å². The van der Waals surface area contributed by atoms with Gasteiger partial charge < -0.3 is 10.5 Å². The second-order valence-corrected chi connectivity index (χ2v) is 6.65. The molecule has 2 N–H and O–H groups in total. The lowest BCUT2D eigenvalue weighted by Crippen LogP contribution is -2.45. The molecular weight excluding hydrogens is 246 g/mol. The lowest BCUT2D eigenvalue weighted by atomic mass is 9.76. The number of hydrogen-bond donors (Lipinski definition) is 1. The van der Waals surface area contributed by atoms with Crippen LogP contribution in [-0.2, 0) is 11.2 Å². The van der Waals surface area contributed by atoms with Crippen molar-refractivity contribution >= 4 is 0 Å². The van der Waals surface area contributed by atoms with Crippen LogP contribution < -0.4 is 5.73 Å². The SMILES string of the molecule is CCC1CCC(CN)(OCC2Cc3ccccc32)CC1. The summed E-state index contributed by atoms with van der Waals surface area (Å²) in [4.78, 5) is 0. The molecule has 2 aliphatic rings. The molecule has 110 valence electrons. The van der Waals surface area contributed by atoms with Crippen molar-refractivity contribution in [3.63, 3.8) is 0 Å². The second-order valence-electron chi connectivity index (χ2n) is 6.65. The van der Waals surface area contributed by atoms with Crippen molar-refractivity contribution in [2.45, 2.75) is 57.0 Å². The number of benzene rings is 1. The third-order valence-electron chi connectivity index (χ3n) is 5.52. The molecule has 1 aromatic rings. The van der Waals surface area contributed by atoms with Crippen LogP contribution in [-0.4, -0.2) is 18.8 Å². The summed E-state index contributed by atoms with van der Waals surface area (Å²) in [7, 11) is 0. The first-order chi connectivity index (χ1) is 9.76. The number of nitrogens with two attached hydrogens (primary N) is 1. The highest BCUT2D eigenvalue weighted by Crippen LogP contribution is 2.39. The molecule has 0 spiro atoms. The largest absolute Gasteiger partial charge is 0.373 e. The van der Waals surface area contributed by atoms with Gasteiger partial charge in [0.1, 0.15) is 0 Å². The van der Waals surface area contributed by atoms with Crippen molar-refractivity contribution in [1.82, 2.24) is 0 Å². The maximum absolute atomic E-state index is 6.35. The third kappa shape index (κ3) is 2.64. The van der Waals surface area contributed by atoms with Crippen LogP contribution in [0.5, 0.6) is 0 Å². The molecule has 3 rings (SSSR count). The first-order valence-electron chi connectivity index (χ1n) is 8.18. The zero-order chi connectivity index (χ0) is 14.0. The highest BCUT2D eigenvalue weighted by Gasteiger charge is 2.36. The monoisotopic (exact) mass is 273 g/mol. The minimum absolute atomic E-state index is 0.0315. The molecular formula is C18H27NO. The maximum atomic E-state index is 6.35. The van der Waals surface area contributed by atoms with E-state index in [2.05, 4.69) is 31.2 Å². The van der Waals surface area contributed by atoms with Crippen LogP contribution in [0, 0.1) is 5.92 Å². The minimum Gasteiger partial charge on any atom is -0.373 e. The van der Waals surface area contributed by atoms with Crippen molar-refractivity contribution < 1.29 is 4.74 Å². The molecule has 1 fully saturated rings. The van der Waals surface area contributed by atoms with Crippen LogP contribution in [0.4, 0.5) is 0 Å². The van der Waals surface area contributed by atoms with Crippen LogP contribution in [0.1, 0.15) is 56.1 Å². The smallest absolute Gasteiger partial charge is 0.0804 e. The zero-order valence-corrected chi connectivity index (χ0v) is 12.6. The van der Waals surface area contributed by atoms with Crippen LogP contribution in [0.3, 0.4) is 0 Å². The molecule has 2 aliphatic carbocycles. The van der Waals surface area contributed by atoms with Gasteiger partial charge in [0.15, 0.2) is 0 Å². The Bertz CT molecular complexity index is 448. The molecule has 2 nitrogen and oxygen atoms in total. The van der Waals surface area contributed by atoms with Gasteiger partial charge in [0.05, 0.1) is 12.2 Å².